The van der Waals surface area contributed by atoms with Crippen molar-refractivity contribution < 1.29 is 14.6 Å². The van der Waals surface area contributed by atoms with Gasteiger partial charge in [-0.05, 0) is 6.92 Å². The Morgan fingerprint density at radius 3 is 2.86 bits per heavy atom. The van der Waals surface area contributed by atoms with Gasteiger partial charge in [-0.15, -0.1) is 0 Å². The van der Waals surface area contributed by atoms with Gasteiger partial charge < -0.3 is 19.9 Å². The molecule has 4 heteroatoms. The molecule has 0 aliphatic rings. The first-order valence-corrected chi connectivity index (χ1v) is 4.76. The molecular formula is C10H21NO3. The molecule has 0 aliphatic heterocycles. The van der Waals surface area contributed by atoms with Gasteiger partial charge in [-0.2, -0.15) is 0 Å². The van der Waals surface area contributed by atoms with Crippen molar-refractivity contribution in [1.29, 1.82) is 0 Å². The fourth-order valence-corrected chi connectivity index (χ4v) is 0.911. The van der Waals surface area contributed by atoms with Gasteiger partial charge in [0.15, 0.2) is 0 Å². The molecule has 0 aromatic carbocycles. The second-order valence-corrected chi connectivity index (χ2v) is 3.32. The molecule has 0 radical (unpaired) electrons. The lowest BCUT2D eigenvalue weighted by Gasteiger charge is -2.10. The summed E-state index contributed by atoms with van der Waals surface area (Å²) in [5, 5.41) is 12.3. The third kappa shape index (κ3) is 9.67. The van der Waals surface area contributed by atoms with E-state index in [4.69, 9.17) is 9.47 Å². The van der Waals surface area contributed by atoms with Crippen LogP contribution in [0.2, 0.25) is 0 Å². The van der Waals surface area contributed by atoms with Crippen LogP contribution >= 0.6 is 0 Å². The highest BCUT2D eigenvalue weighted by molar-refractivity contribution is 4.87. The molecule has 4 nitrogen and oxygen atoms in total. The molecule has 0 aromatic rings. The molecule has 0 spiro atoms. The Morgan fingerprint density at radius 1 is 1.57 bits per heavy atom. The lowest BCUT2D eigenvalue weighted by molar-refractivity contribution is 0.0627. The molecule has 1 unspecified atom stereocenters. The number of aliphatic hydroxyl groups is 1. The van der Waals surface area contributed by atoms with E-state index >= 15 is 0 Å². The lowest BCUT2D eigenvalue weighted by Crippen LogP contribution is -2.32. The number of nitrogens with one attached hydrogen (secondary N) is 1. The monoisotopic (exact) mass is 203 g/mol. The van der Waals surface area contributed by atoms with E-state index < -0.39 is 6.10 Å². The summed E-state index contributed by atoms with van der Waals surface area (Å²) < 4.78 is 10.0. The van der Waals surface area contributed by atoms with Gasteiger partial charge in [0.1, 0.15) is 0 Å². The molecule has 0 saturated heterocycles. The van der Waals surface area contributed by atoms with Crippen LogP contribution in [0.5, 0.6) is 0 Å². The van der Waals surface area contributed by atoms with E-state index in [1.165, 1.54) is 0 Å². The summed E-state index contributed by atoms with van der Waals surface area (Å²) in [4.78, 5) is 0. The van der Waals surface area contributed by atoms with Crippen molar-refractivity contribution in [3.05, 3.63) is 12.2 Å². The normalized spacial score (nSPS) is 12.8. The highest BCUT2D eigenvalue weighted by Crippen LogP contribution is 1.87. The standard InChI is InChI=1S/C10H21NO3/c1-9(2)7-14-5-4-11-6-10(12)8-13-3/h10-12H,1,4-8H2,2-3H3. The number of ether oxygens (including phenoxy) is 2. The number of hydrogen-bond acceptors (Lipinski definition) is 4. The summed E-state index contributed by atoms with van der Waals surface area (Å²) in [5.74, 6) is 0. The molecule has 0 amide bonds. The van der Waals surface area contributed by atoms with Crippen molar-refractivity contribution in [2.75, 3.05) is 40.0 Å². The lowest BCUT2D eigenvalue weighted by atomic mass is 10.4. The second kappa shape index (κ2) is 9.15. The van der Waals surface area contributed by atoms with Crippen LogP contribution in [-0.2, 0) is 9.47 Å². The predicted molar refractivity (Wildman–Crippen MR) is 56.4 cm³/mol. The molecule has 0 fully saturated rings. The van der Waals surface area contributed by atoms with Gasteiger partial charge in [0.25, 0.3) is 0 Å². The number of aliphatic hydroxyl groups excluding tert-OH is 1. The average Bonchev–Trinajstić information content (AvgIpc) is 2.11. The van der Waals surface area contributed by atoms with Crippen molar-refractivity contribution in [2.24, 2.45) is 0 Å². The minimum atomic E-state index is -0.443. The van der Waals surface area contributed by atoms with E-state index in [0.29, 0.717) is 26.4 Å². The number of hydrogen-bond donors (Lipinski definition) is 2. The number of methoxy groups -OCH3 is 1. The average molecular weight is 203 g/mol. The van der Waals surface area contributed by atoms with Crippen molar-refractivity contribution in [2.45, 2.75) is 13.0 Å². The highest BCUT2D eigenvalue weighted by Gasteiger charge is 2.00. The maximum atomic E-state index is 9.25. The summed E-state index contributed by atoms with van der Waals surface area (Å²) in [6, 6.07) is 0. The fourth-order valence-electron chi connectivity index (χ4n) is 0.911. The molecule has 84 valence electrons. The fraction of sp³-hybridized carbons (Fsp3) is 0.800. The van der Waals surface area contributed by atoms with Crippen LogP contribution in [0.25, 0.3) is 0 Å². The van der Waals surface area contributed by atoms with Gasteiger partial charge in [0.2, 0.25) is 0 Å². The molecule has 0 saturated carbocycles. The Bertz CT molecular complexity index is 150. The van der Waals surface area contributed by atoms with Gasteiger partial charge in [0.05, 0.1) is 25.9 Å². The third-order valence-electron chi connectivity index (χ3n) is 1.51. The predicted octanol–water partition coefficient (Wildman–Crippen LogP) is 0.176. The second-order valence-electron chi connectivity index (χ2n) is 3.32. The molecule has 14 heavy (non-hydrogen) atoms. The molecule has 0 heterocycles. The Labute approximate surface area is 85.9 Å². The Balaban J connectivity index is 3.09. The first kappa shape index (κ1) is 13.6. The molecule has 2 N–H and O–H groups in total. The molecule has 0 rings (SSSR count). The minimum Gasteiger partial charge on any atom is -0.389 e. The zero-order valence-electron chi connectivity index (χ0n) is 9.08. The summed E-state index contributed by atoms with van der Waals surface area (Å²) in [6.07, 6.45) is -0.443. The maximum Gasteiger partial charge on any atom is 0.0897 e. The van der Waals surface area contributed by atoms with Gasteiger partial charge in [-0.1, -0.05) is 12.2 Å². The zero-order valence-corrected chi connectivity index (χ0v) is 9.08. The minimum absolute atomic E-state index is 0.361. The smallest absolute Gasteiger partial charge is 0.0897 e. The van der Waals surface area contributed by atoms with E-state index in [9.17, 15) is 5.11 Å². The molecule has 0 aromatic heterocycles. The van der Waals surface area contributed by atoms with Crippen molar-refractivity contribution in [3.63, 3.8) is 0 Å². The molecule has 0 bridgehead atoms. The van der Waals surface area contributed by atoms with Crippen LogP contribution in [0.3, 0.4) is 0 Å². The van der Waals surface area contributed by atoms with Crippen molar-refractivity contribution in [1.82, 2.24) is 5.32 Å². The van der Waals surface area contributed by atoms with E-state index in [-0.39, 0.29) is 0 Å². The van der Waals surface area contributed by atoms with Crippen LogP contribution in [0.1, 0.15) is 6.92 Å². The van der Waals surface area contributed by atoms with Crippen LogP contribution in [0, 0.1) is 0 Å². The Hall–Kier alpha value is -0.420. The Morgan fingerprint density at radius 2 is 2.29 bits per heavy atom. The SMILES string of the molecule is C=C(C)COCCNCC(O)COC. The van der Waals surface area contributed by atoms with Crippen LogP contribution in [-0.4, -0.2) is 51.2 Å². The van der Waals surface area contributed by atoms with E-state index in [2.05, 4.69) is 11.9 Å². The summed E-state index contributed by atoms with van der Waals surface area (Å²) >= 11 is 0. The molecule has 1 atom stereocenters. The van der Waals surface area contributed by atoms with Crippen LogP contribution in [0.4, 0.5) is 0 Å². The third-order valence-corrected chi connectivity index (χ3v) is 1.51. The quantitative estimate of drug-likeness (QED) is 0.414. The van der Waals surface area contributed by atoms with Crippen molar-refractivity contribution >= 4 is 0 Å². The maximum absolute atomic E-state index is 9.25. The van der Waals surface area contributed by atoms with Crippen LogP contribution < -0.4 is 5.32 Å². The zero-order chi connectivity index (χ0) is 10.8. The van der Waals surface area contributed by atoms with E-state index in [1.807, 2.05) is 6.92 Å². The first-order valence-electron chi connectivity index (χ1n) is 4.76. The molecule has 0 aliphatic carbocycles. The summed E-state index contributed by atoms with van der Waals surface area (Å²) in [6.45, 7) is 8.50. The van der Waals surface area contributed by atoms with E-state index in [1.54, 1.807) is 7.11 Å². The van der Waals surface area contributed by atoms with Gasteiger partial charge in [-0.3, -0.25) is 0 Å². The van der Waals surface area contributed by atoms with E-state index in [0.717, 1.165) is 12.1 Å². The summed E-state index contributed by atoms with van der Waals surface area (Å²) in [7, 11) is 1.57. The van der Waals surface area contributed by atoms with Crippen molar-refractivity contribution in [3.8, 4) is 0 Å². The Kier molecular flexibility index (Phi) is 8.87. The van der Waals surface area contributed by atoms with Gasteiger partial charge in [0, 0.05) is 20.2 Å². The number of rotatable bonds is 9. The first-order chi connectivity index (χ1) is 6.66. The molecular weight excluding hydrogens is 182 g/mol. The highest BCUT2D eigenvalue weighted by atomic mass is 16.5. The summed E-state index contributed by atoms with van der Waals surface area (Å²) in [5.41, 5.74) is 1.02. The topological polar surface area (TPSA) is 50.7 Å². The largest absolute Gasteiger partial charge is 0.389 e. The van der Waals surface area contributed by atoms with Crippen LogP contribution in [0.15, 0.2) is 12.2 Å². The van der Waals surface area contributed by atoms with Gasteiger partial charge in [-0.25, -0.2) is 0 Å². The van der Waals surface area contributed by atoms with Gasteiger partial charge >= 0.3 is 0 Å².